The van der Waals surface area contributed by atoms with Crippen LogP contribution in [-0.2, 0) is 4.79 Å². The molecule has 0 aliphatic heterocycles. The van der Waals surface area contributed by atoms with Crippen LogP contribution < -0.4 is 11.1 Å². The van der Waals surface area contributed by atoms with Crippen molar-refractivity contribution in [3.8, 4) is 0 Å². The number of benzene rings is 1. The summed E-state index contributed by atoms with van der Waals surface area (Å²) in [5.41, 5.74) is 4.91. The molecule has 0 atom stereocenters. The summed E-state index contributed by atoms with van der Waals surface area (Å²) in [6.45, 7) is 3.57. The lowest BCUT2D eigenvalue weighted by Gasteiger charge is -2.30. The monoisotopic (exact) mass is 328 g/mol. The number of hydrogen-bond donors (Lipinski definition) is 3. The van der Waals surface area contributed by atoms with Gasteiger partial charge in [0.1, 0.15) is 5.54 Å². The number of carboxylic acid groups (broad SMARTS) is 1. The maximum absolute atomic E-state index is 11.4. The highest BCUT2D eigenvalue weighted by molar-refractivity contribution is 9.10. The van der Waals surface area contributed by atoms with E-state index in [1.54, 1.807) is 32.0 Å². The van der Waals surface area contributed by atoms with Crippen molar-refractivity contribution >= 4 is 33.5 Å². The first-order valence-electron chi connectivity index (χ1n) is 5.97. The van der Waals surface area contributed by atoms with Crippen molar-refractivity contribution in [3.05, 3.63) is 28.2 Å². The van der Waals surface area contributed by atoms with Crippen LogP contribution in [0.15, 0.2) is 22.7 Å². The van der Waals surface area contributed by atoms with E-state index in [-0.39, 0.29) is 5.56 Å². The minimum absolute atomic E-state index is 0.266. The van der Waals surface area contributed by atoms with Crippen LogP contribution >= 0.6 is 15.9 Å². The van der Waals surface area contributed by atoms with Crippen LogP contribution in [0.3, 0.4) is 0 Å². The summed E-state index contributed by atoms with van der Waals surface area (Å²) in [5, 5.41) is 12.3. The van der Waals surface area contributed by atoms with Gasteiger partial charge in [-0.3, -0.25) is 4.79 Å². The Hall–Kier alpha value is -1.56. The number of aliphatic carboxylic acids is 1. The number of halogens is 1. The third kappa shape index (κ3) is 3.26. The first-order chi connectivity index (χ1) is 8.86. The molecule has 4 N–H and O–H groups in total. The van der Waals surface area contributed by atoms with Crippen molar-refractivity contribution in [1.29, 1.82) is 0 Å². The van der Waals surface area contributed by atoms with E-state index in [1.807, 2.05) is 0 Å². The van der Waals surface area contributed by atoms with Gasteiger partial charge in [-0.25, -0.2) is 4.79 Å². The van der Waals surface area contributed by atoms with Crippen LogP contribution in [0.25, 0.3) is 0 Å². The predicted molar refractivity (Wildman–Crippen MR) is 77.2 cm³/mol. The van der Waals surface area contributed by atoms with Gasteiger partial charge in [0.05, 0.1) is 5.56 Å². The molecule has 6 heteroatoms. The van der Waals surface area contributed by atoms with Gasteiger partial charge in [0.25, 0.3) is 5.91 Å². The molecule has 0 saturated carbocycles. The molecule has 19 heavy (non-hydrogen) atoms. The molecule has 0 heterocycles. The lowest BCUT2D eigenvalue weighted by atomic mass is 9.92. The highest BCUT2D eigenvalue weighted by Crippen LogP contribution is 2.27. The highest BCUT2D eigenvalue weighted by Gasteiger charge is 2.35. The van der Waals surface area contributed by atoms with E-state index in [0.29, 0.717) is 23.0 Å². The summed E-state index contributed by atoms with van der Waals surface area (Å²) in [6.07, 6.45) is 0.792. The Balaban J connectivity index is 3.24. The predicted octanol–water partition coefficient (Wildman–Crippen LogP) is 2.60. The zero-order valence-electron chi connectivity index (χ0n) is 10.9. The SMILES string of the molecule is CCC(CC)(Nc1ccc(Br)cc1C(N)=O)C(=O)O. The standard InChI is InChI=1S/C13H17BrN2O3/c1-3-13(4-2,12(18)19)16-10-6-5-8(14)7-9(10)11(15)17/h5-7,16H,3-4H2,1-2H3,(H2,15,17)(H,18,19). The molecular formula is C13H17BrN2O3. The van der Waals surface area contributed by atoms with Gasteiger partial charge in [-0.1, -0.05) is 29.8 Å². The number of hydrogen-bond acceptors (Lipinski definition) is 3. The number of carbonyl (C=O) groups is 2. The lowest BCUT2D eigenvalue weighted by Crippen LogP contribution is -2.45. The number of amides is 1. The quantitative estimate of drug-likeness (QED) is 0.748. The van der Waals surface area contributed by atoms with Crippen molar-refractivity contribution in [2.75, 3.05) is 5.32 Å². The normalized spacial score (nSPS) is 11.1. The zero-order valence-corrected chi connectivity index (χ0v) is 12.5. The van der Waals surface area contributed by atoms with Gasteiger partial charge in [-0.15, -0.1) is 0 Å². The smallest absolute Gasteiger partial charge is 0.329 e. The Morgan fingerprint density at radius 2 is 1.95 bits per heavy atom. The highest BCUT2D eigenvalue weighted by atomic mass is 79.9. The number of primary amides is 1. The summed E-state index contributed by atoms with van der Waals surface area (Å²) >= 11 is 3.26. The second-order valence-electron chi connectivity index (χ2n) is 4.27. The van der Waals surface area contributed by atoms with Crippen molar-refractivity contribution in [2.45, 2.75) is 32.2 Å². The molecule has 0 spiro atoms. The van der Waals surface area contributed by atoms with Crippen molar-refractivity contribution in [3.63, 3.8) is 0 Å². The first kappa shape index (κ1) is 15.5. The summed E-state index contributed by atoms with van der Waals surface area (Å²) < 4.78 is 0.709. The average molecular weight is 329 g/mol. The van der Waals surface area contributed by atoms with Gasteiger partial charge in [0.15, 0.2) is 0 Å². The second-order valence-corrected chi connectivity index (χ2v) is 5.19. The lowest BCUT2D eigenvalue weighted by molar-refractivity contribution is -0.142. The number of nitrogens with one attached hydrogen (secondary N) is 1. The Morgan fingerprint density at radius 1 is 1.37 bits per heavy atom. The van der Waals surface area contributed by atoms with Gasteiger partial charge in [-0.2, -0.15) is 0 Å². The van der Waals surface area contributed by atoms with Gasteiger partial charge in [0, 0.05) is 10.2 Å². The van der Waals surface area contributed by atoms with Gasteiger partial charge in [0.2, 0.25) is 0 Å². The fourth-order valence-corrected chi connectivity index (χ4v) is 2.23. The fourth-order valence-electron chi connectivity index (χ4n) is 1.87. The van der Waals surface area contributed by atoms with Crippen LogP contribution in [0.5, 0.6) is 0 Å². The van der Waals surface area contributed by atoms with Crippen LogP contribution in [0, 0.1) is 0 Å². The van der Waals surface area contributed by atoms with Gasteiger partial charge < -0.3 is 16.2 Å². The molecule has 0 fully saturated rings. The van der Waals surface area contributed by atoms with Crippen molar-refractivity contribution in [1.82, 2.24) is 0 Å². The molecule has 1 rings (SSSR count). The van der Waals surface area contributed by atoms with Crippen LogP contribution in [-0.4, -0.2) is 22.5 Å². The van der Waals surface area contributed by atoms with Crippen molar-refractivity contribution < 1.29 is 14.7 Å². The Bertz CT molecular complexity index is 499. The maximum Gasteiger partial charge on any atom is 0.329 e. The molecular weight excluding hydrogens is 312 g/mol. The minimum Gasteiger partial charge on any atom is -0.480 e. The topological polar surface area (TPSA) is 92.4 Å². The molecule has 1 amide bonds. The fraction of sp³-hybridized carbons (Fsp3) is 0.385. The van der Waals surface area contributed by atoms with Crippen LogP contribution in [0.4, 0.5) is 5.69 Å². The minimum atomic E-state index is -1.10. The molecule has 0 aliphatic rings. The third-order valence-electron chi connectivity index (χ3n) is 3.24. The third-order valence-corrected chi connectivity index (χ3v) is 3.73. The molecule has 1 aromatic carbocycles. The van der Waals surface area contributed by atoms with Crippen LogP contribution in [0.2, 0.25) is 0 Å². The summed E-state index contributed by atoms with van der Waals surface area (Å²) in [5.74, 6) is -1.55. The number of rotatable bonds is 6. The molecule has 0 radical (unpaired) electrons. The van der Waals surface area contributed by atoms with E-state index in [4.69, 9.17) is 5.73 Å². The second kappa shape index (κ2) is 6.06. The number of nitrogens with two attached hydrogens (primary N) is 1. The number of carboxylic acids is 1. The largest absolute Gasteiger partial charge is 0.480 e. The molecule has 5 nitrogen and oxygen atoms in total. The Morgan fingerprint density at radius 3 is 2.37 bits per heavy atom. The van der Waals surface area contributed by atoms with E-state index in [0.717, 1.165) is 0 Å². The van der Waals surface area contributed by atoms with Gasteiger partial charge in [-0.05, 0) is 31.0 Å². The zero-order chi connectivity index (χ0) is 14.6. The van der Waals surface area contributed by atoms with E-state index < -0.39 is 17.4 Å². The molecule has 0 aliphatic carbocycles. The molecule has 0 saturated heterocycles. The van der Waals surface area contributed by atoms with E-state index in [9.17, 15) is 14.7 Å². The van der Waals surface area contributed by atoms with Gasteiger partial charge >= 0.3 is 5.97 Å². The Kier molecular flexibility index (Phi) is 4.94. The van der Waals surface area contributed by atoms with E-state index in [2.05, 4.69) is 21.2 Å². The summed E-state index contributed by atoms with van der Waals surface area (Å²) in [4.78, 5) is 22.9. The molecule has 104 valence electrons. The van der Waals surface area contributed by atoms with E-state index >= 15 is 0 Å². The average Bonchev–Trinajstić information content (AvgIpc) is 2.37. The van der Waals surface area contributed by atoms with Crippen molar-refractivity contribution in [2.24, 2.45) is 5.73 Å². The molecule has 0 unspecified atom stereocenters. The number of carbonyl (C=O) groups excluding carboxylic acids is 1. The van der Waals surface area contributed by atoms with Crippen LogP contribution in [0.1, 0.15) is 37.0 Å². The maximum atomic E-state index is 11.4. The molecule has 1 aromatic rings. The first-order valence-corrected chi connectivity index (χ1v) is 6.76. The number of anilines is 1. The van der Waals surface area contributed by atoms with E-state index in [1.165, 1.54) is 0 Å². The summed E-state index contributed by atoms with van der Waals surface area (Å²) in [7, 11) is 0. The Labute approximate surface area is 120 Å². The molecule has 0 bridgehead atoms. The summed E-state index contributed by atoms with van der Waals surface area (Å²) in [6, 6.07) is 4.95. The molecule has 0 aromatic heterocycles.